The number of rotatable bonds is 4. The van der Waals surface area contributed by atoms with Crippen LogP contribution in [-0.4, -0.2) is 31.4 Å². The lowest BCUT2D eigenvalue weighted by atomic mass is 10.0. The summed E-state index contributed by atoms with van der Waals surface area (Å²) in [7, 11) is 0. The molecule has 6 heteroatoms. The van der Waals surface area contributed by atoms with E-state index >= 15 is 0 Å². The maximum atomic E-state index is 5.33. The number of para-hydroxylation sites is 2. The van der Waals surface area contributed by atoms with E-state index in [1.165, 1.54) is 0 Å². The van der Waals surface area contributed by atoms with E-state index in [1.807, 2.05) is 109 Å². The summed E-state index contributed by atoms with van der Waals surface area (Å²) in [6.45, 7) is 0. The third-order valence-electron chi connectivity index (χ3n) is 8.55. The molecule has 9 rings (SSSR count). The molecule has 5 heterocycles. The first-order valence-electron chi connectivity index (χ1n) is 15.8. The summed E-state index contributed by atoms with van der Waals surface area (Å²) in [5, 5.41) is 1.96. The highest BCUT2D eigenvalue weighted by Crippen LogP contribution is 2.35. The highest BCUT2D eigenvalue weighted by molar-refractivity contribution is 6.21. The third-order valence-corrected chi connectivity index (χ3v) is 8.55. The Labute approximate surface area is 276 Å². The van der Waals surface area contributed by atoms with E-state index in [-0.39, 0.29) is 0 Å². The molecular weight excluding hydrogens is 589 g/mol. The average molecular weight is 615 g/mol. The third kappa shape index (κ3) is 5.02. The molecule has 4 aromatic carbocycles. The summed E-state index contributed by atoms with van der Waals surface area (Å²) in [4.78, 5) is 30.8. The van der Waals surface area contributed by atoms with Gasteiger partial charge in [-0.25, -0.2) is 20.0 Å². The topological polar surface area (TPSA) is 76.3 Å². The maximum absolute atomic E-state index is 5.33. The van der Waals surface area contributed by atoms with Crippen LogP contribution >= 0.6 is 0 Å². The molecule has 0 saturated heterocycles. The zero-order valence-electron chi connectivity index (χ0n) is 25.7. The molecule has 6 nitrogen and oxygen atoms in total. The van der Waals surface area contributed by atoms with Gasteiger partial charge in [-0.1, -0.05) is 109 Å². The van der Waals surface area contributed by atoms with Crippen LogP contribution < -0.4 is 0 Å². The van der Waals surface area contributed by atoms with E-state index in [0.29, 0.717) is 45.6 Å². The highest BCUT2D eigenvalue weighted by atomic mass is 14.9. The second kappa shape index (κ2) is 11.6. The summed E-state index contributed by atoms with van der Waals surface area (Å²) in [6.07, 6.45) is 3.78. The van der Waals surface area contributed by atoms with Crippen molar-refractivity contribution >= 4 is 44.6 Å². The minimum atomic E-state index is 0.629. The van der Waals surface area contributed by atoms with Gasteiger partial charge in [-0.2, -0.15) is 0 Å². The van der Waals surface area contributed by atoms with Crippen LogP contribution in [0.15, 0.2) is 168 Å². The van der Waals surface area contributed by atoms with E-state index in [2.05, 4.69) is 48.5 Å². The number of hydrogen-bond acceptors (Lipinski definition) is 6. The van der Waals surface area contributed by atoms with Gasteiger partial charge in [0.15, 0.2) is 0 Å². The SMILES string of the molecule is c1ccc(-c2ccc(C3=Nc4cc5ccccc5nc4C(c4ccc(-c5ccccc5)cn4)=Nc4cc5ccccc5nc43)nc2)cc1. The summed E-state index contributed by atoms with van der Waals surface area (Å²) in [5.74, 6) is 0. The molecular formula is C42H26N6. The summed E-state index contributed by atoms with van der Waals surface area (Å²) in [5.41, 5.74) is 11.2. The van der Waals surface area contributed by atoms with Gasteiger partial charge in [-0.3, -0.25) is 9.97 Å². The molecule has 0 fully saturated rings. The Morgan fingerprint density at radius 2 is 0.771 bits per heavy atom. The quantitative estimate of drug-likeness (QED) is 0.198. The second-order valence-electron chi connectivity index (χ2n) is 11.6. The van der Waals surface area contributed by atoms with Gasteiger partial charge in [-0.05, 0) is 47.5 Å². The van der Waals surface area contributed by atoms with Gasteiger partial charge in [0, 0.05) is 34.3 Å². The molecule has 0 saturated carbocycles. The van der Waals surface area contributed by atoms with Crippen molar-refractivity contribution in [2.45, 2.75) is 0 Å². The van der Waals surface area contributed by atoms with Crippen molar-refractivity contribution in [1.82, 2.24) is 19.9 Å². The van der Waals surface area contributed by atoms with Crippen LogP contribution in [-0.2, 0) is 0 Å². The van der Waals surface area contributed by atoms with Gasteiger partial charge in [-0.15, -0.1) is 0 Å². The standard InChI is InChI=1S/C42H26N6/c1-3-11-27(12-4-1)31-19-21-35(43-25-31)39-41-37(23-29-15-7-9-17-33(29)45-41)48-40(36-22-20-32(26-44-36)28-13-5-2-6-14-28)42-38(47-39)24-30-16-8-10-18-34(30)46-42/h1-26H. The van der Waals surface area contributed by atoms with Crippen LogP contribution in [0.4, 0.5) is 11.4 Å². The van der Waals surface area contributed by atoms with E-state index < -0.39 is 0 Å². The Bertz CT molecular complexity index is 2340. The van der Waals surface area contributed by atoms with Gasteiger partial charge in [0.2, 0.25) is 0 Å². The molecule has 0 aliphatic carbocycles. The second-order valence-corrected chi connectivity index (χ2v) is 11.6. The smallest absolute Gasteiger partial charge is 0.117 e. The van der Waals surface area contributed by atoms with E-state index in [1.54, 1.807) is 0 Å². The lowest BCUT2D eigenvalue weighted by molar-refractivity contribution is 1.22. The molecule has 0 radical (unpaired) electrons. The largest absolute Gasteiger partial charge is 0.254 e. The summed E-state index contributed by atoms with van der Waals surface area (Å²) in [6, 6.07) is 48.9. The fourth-order valence-electron chi connectivity index (χ4n) is 6.10. The van der Waals surface area contributed by atoms with Crippen LogP contribution in [0.3, 0.4) is 0 Å². The van der Waals surface area contributed by atoms with E-state index in [0.717, 1.165) is 44.1 Å². The van der Waals surface area contributed by atoms with Crippen molar-refractivity contribution in [1.29, 1.82) is 0 Å². The van der Waals surface area contributed by atoms with Crippen molar-refractivity contribution in [2.24, 2.45) is 9.98 Å². The lowest BCUT2D eigenvalue weighted by Crippen LogP contribution is -2.15. The predicted octanol–water partition coefficient (Wildman–Crippen LogP) is 9.56. The Kier molecular flexibility index (Phi) is 6.68. The molecule has 224 valence electrons. The molecule has 8 aromatic rings. The van der Waals surface area contributed by atoms with Gasteiger partial charge >= 0.3 is 0 Å². The van der Waals surface area contributed by atoms with Crippen LogP contribution in [0.2, 0.25) is 0 Å². The Balaban J connectivity index is 1.29. The van der Waals surface area contributed by atoms with Crippen LogP contribution in [0.1, 0.15) is 22.8 Å². The molecule has 1 aliphatic heterocycles. The fourth-order valence-corrected chi connectivity index (χ4v) is 6.10. The number of hydrogen-bond donors (Lipinski definition) is 0. The minimum absolute atomic E-state index is 0.629. The van der Waals surface area contributed by atoms with Crippen molar-refractivity contribution in [2.75, 3.05) is 0 Å². The normalized spacial score (nSPS) is 12.4. The molecule has 0 amide bonds. The highest BCUT2D eigenvalue weighted by Gasteiger charge is 2.25. The van der Waals surface area contributed by atoms with Crippen molar-refractivity contribution in [3.05, 3.63) is 181 Å². The predicted molar refractivity (Wildman–Crippen MR) is 193 cm³/mol. The molecule has 0 bridgehead atoms. The number of pyridine rings is 4. The minimum Gasteiger partial charge on any atom is -0.254 e. The number of fused-ring (bicyclic) bond motifs is 4. The molecule has 4 aromatic heterocycles. The van der Waals surface area contributed by atoms with Crippen molar-refractivity contribution in [3.8, 4) is 22.3 Å². The van der Waals surface area contributed by atoms with Crippen molar-refractivity contribution in [3.63, 3.8) is 0 Å². The first kappa shape index (κ1) is 27.6. The number of nitrogens with zero attached hydrogens (tertiary/aromatic N) is 6. The number of benzene rings is 4. The zero-order valence-corrected chi connectivity index (χ0v) is 25.7. The van der Waals surface area contributed by atoms with Gasteiger partial charge in [0.05, 0.1) is 33.8 Å². The van der Waals surface area contributed by atoms with Gasteiger partial charge in [0.25, 0.3) is 0 Å². The number of aromatic nitrogens is 4. The Morgan fingerprint density at radius 1 is 0.354 bits per heavy atom. The molecule has 48 heavy (non-hydrogen) atoms. The van der Waals surface area contributed by atoms with E-state index in [9.17, 15) is 0 Å². The Hall–Kier alpha value is -6.66. The maximum Gasteiger partial charge on any atom is 0.117 e. The van der Waals surface area contributed by atoms with E-state index in [4.69, 9.17) is 29.9 Å². The van der Waals surface area contributed by atoms with Crippen LogP contribution in [0.25, 0.3) is 44.1 Å². The molecule has 0 atom stereocenters. The number of aliphatic imine (C=N–C) groups is 2. The van der Waals surface area contributed by atoms with Crippen molar-refractivity contribution < 1.29 is 0 Å². The molecule has 1 aliphatic rings. The molecule has 0 N–H and O–H groups in total. The first-order valence-corrected chi connectivity index (χ1v) is 15.8. The first-order chi connectivity index (χ1) is 23.8. The zero-order chi connectivity index (χ0) is 31.9. The fraction of sp³-hybridized carbons (Fsp3) is 0. The van der Waals surface area contributed by atoms with Crippen LogP contribution in [0, 0.1) is 0 Å². The lowest BCUT2D eigenvalue weighted by Gasteiger charge is -2.18. The molecule has 0 spiro atoms. The average Bonchev–Trinajstić information content (AvgIpc) is 3.16. The Morgan fingerprint density at radius 3 is 1.19 bits per heavy atom. The van der Waals surface area contributed by atoms with Crippen LogP contribution in [0.5, 0.6) is 0 Å². The van der Waals surface area contributed by atoms with Gasteiger partial charge in [0.1, 0.15) is 22.8 Å². The summed E-state index contributed by atoms with van der Waals surface area (Å²) < 4.78 is 0. The monoisotopic (exact) mass is 614 g/mol. The summed E-state index contributed by atoms with van der Waals surface area (Å²) >= 11 is 0. The molecule has 0 unspecified atom stereocenters. The van der Waals surface area contributed by atoms with Gasteiger partial charge < -0.3 is 0 Å².